The Morgan fingerprint density at radius 1 is 1.39 bits per heavy atom. The average molecular weight is 282 g/mol. The summed E-state index contributed by atoms with van der Waals surface area (Å²) < 4.78 is 5.73. The van der Waals surface area contributed by atoms with E-state index in [0.717, 1.165) is 11.3 Å². The van der Waals surface area contributed by atoms with Crippen molar-refractivity contribution in [3.63, 3.8) is 0 Å². The van der Waals surface area contributed by atoms with Gasteiger partial charge in [0.25, 0.3) is 5.91 Å². The van der Waals surface area contributed by atoms with Crippen molar-refractivity contribution in [1.82, 2.24) is 5.32 Å². The predicted octanol–water partition coefficient (Wildman–Crippen LogP) is 3.34. The van der Waals surface area contributed by atoms with Crippen molar-refractivity contribution in [3.8, 4) is 5.75 Å². The summed E-state index contributed by atoms with van der Waals surface area (Å²) in [6.07, 6.45) is 0. The number of methoxy groups -OCH3 is 1. The highest BCUT2D eigenvalue weighted by molar-refractivity contribution is 7.17. The summed E-state index contributed by atoms with van der Waals surface area (Å²) in [6, 6.07) is 11.0. The second-order valence-electron chi connectivity index (χ2n) is 3.64. The van der Waals surface area contributed by atoms with Crippen molar-refractivity contribution in [1.29, 1.82) is 0 Å². The van der Waals surface area contributed by atoms with Crippen LogP contribution in [-0.2, 0) is 6.54 Å². The molecule has 0 unspecified atom stereocenters. The zero-order valence-electron chi connectivity index (χ0n) is 9.77. The van der Waals surface area contributed by atoms with Crippen LogP contribution >= 0.6 is 22.9 Å². The fourth-order valence-corrected chi connectivity index (χ4v) is 2.45. The molecule has 0 atom stereocenters. The maximum absolute atomic E-state index is 11.8. The van der Waals surface area contributed by atoms with Gasteiger partial charge >= 0.3 is 0 Å². The molecule has 2 aromatic rings. The van der Waals surface area contributed by atoms with Crippen molar-refractivity contribution < 1.29 is 9.53 Å². The predicted molar refractivity (Wildman–Crippen MR) is 73.5 cm³/mol. The van der Waals surface area contributed by atoms with Gasteiger partial charge in [-0.2, -0.15) is 0 Å². The van der Waals surface area contributed by atoms with Crippen LogP contribution in [0.1, 0.15) is 15.2 Å². The highest BCUT2D eigenvalue weighted by atomic mass is 35.5. The monoisotopic (exact) mass is 281 g/mol. The van der Waals surface area contributed by atoms with E-state index in [4.69, 9.17) is 16.3 Å². The van der Waals surface area contributed by atoms with E-state index in [1.54, 1.807) is 19.2 Å². The lowest BCUT2D eigenvalue weighted by Crippen LogP contribution is -2.21. The molecule has 0 aliphatic heterocycles. The number of hydrogen-bond acceptors (Lipinski definition) is 3. The first kappa shape index (κ1) is 12.9. The highest BCUT2D eigenvalue weighted by Gasteiger charge is 2.08. The molecule has 18 heavy (non-hydrogen) atoms. The van der Waals surface area contributed by atoms with Gasteiger partial charge in [-0.05, 0) is 29.8 Å². The van der Waals surface area contributed by atoms with Crippen LogP contribution in [0.4, 0.5) is 0 Å². The second kappa shape index (κ2) is 5.89. The summed E-state index contributed by atoms with van der Waals surface area (Å²) >= 11 is 7.05. The molecule has 1 aromatic heterocycles. The molecule has 0 spiro atoms. The van der Waals surface area contributed by atoms with E-state index in [1.807, 2.05) is 24.3 Å². The summed E-state index contributed by atoms with van der Waals surface area (Å²) in [7, 11) is 1.62. The zero-order valence-corrected chi connectivity index (χ0v) is 11.3. The maximum atomic E-state index is 11.8. The number of benzene rings is 1. The Morgan fingerprint density at radius 2 is 2.22 bits per heavy atom. The molecule has 1 N–H and O–H groups in total. The van der Waals surface area contributed by atoms with Crippen LogP contribution in [0.3, 0.4) is 0 Å². The zero-order chi connectivity index (χ0) is 13.0. The minimum atomic E-state index is -0.116. The van der Waals surface area contributed by atoms with E-state index in [0.29, 0.717) is 15.8 Å². The lowest BCUT2D eigenvalue weighted by atomic mass is 10.2. The summed E-state index contributed by atoms with van der Waals surface area (Å²) in [5.41, 5.74) is 0.991. The molecule has 94 valence electrons. The van der Waals surface area contributed by atoms with Crippen molar-refractivity contribution in [2.24, 2.45) is 0 Å². The van der Waals surface area contributed by atoms with E-state index in [9.17, 15) is 4.79 Å². The summed E-state index contributed by atoms with van der Waals surface area (Å²) in [5.74, 6) is 0.663. The first-order valence-corrected chi connectivity index (χ1v) is 6.55. The molecule has 0 fully saturated rings. The fourth-order valence-electron chi connectivity index (χ4n) is 1.49. The number of thiophene rings is 1. The van der Waals surface area contributed by atoms with Gasteiger partial charge in [0, 0.05) is 6.54 Å². The van der Waals surface area contributed by atoms with Crippen LogP contribution < -0.4 is 10.1 Å². The molecule has 0 aliphatic rings. The Balaban J connectivity index is 1.97. The number of ether oxygens (including phenoxy) is 1. The van der Waals surface area contributed by atoms with Gasteiger partial charge in [-0.3, -0.25) is 4.79 Å². The molecule has 0 radical (unpaired) electrons. The minimum absolute atomic E-state index is 0.116. The second-order valence-corrected chi connectivity index (χ2v) is 5.35. The first-order chi connectivity index (χ1) is 8.69. The third kappa shape index (κ3) is 3.24. The number of rotatable bonds is 4. The third-order valence-electron chi connectivity index (χ3n) is 2.38. The van der Waals surface area contributed by atoms with Crippen LogP contribution in [0.2, 0.25) is 4.34 Å². The minimum Gasteiger partial charge on any atom is -0.497 e. The normalized spacial score (nSPS) is 10.1. The molecule has 0 aliphatic carbocycles. The van der Waals surface area contributed by atoms with Crippen LogP contribution in [0.15, 0.2) is 36.4 Å². The summed E-state index contributed by atoms with van der Waals surface area (Å²) in [6.45, 7) is 0.464. The van der Waals surface area contributed by atoms with E-state index in [-0.39, 0.29) is 5.91 Å². The molecule has 0 saturated carbocycles. The molecule has 3 nitrogen and oxygen atoms in total. The van der Waals surface area contributed by atoms with Gasteiger partial charge in [0.1, 0.15) is 5.75 Å². The van der Waals surface area contributed by atoms with Gasteiger partial charge in [-0.25, -0.2) is 0 Å². The molecule has 2 rings (SSSR count). The smallest absolute Gasteiger partial charge is 0.261 e. The Kier molecular flexibility index (Phi) is 4.23. The van der Waals surface area contributed by atoms with Gasteiger partial charge in [0.05, 0.1) is 16.3 Å². The van der Waals surface area contributed by atoms with E-state index in [2.05, 4.69) is 5.32 Å². The van der Waals surface area contributed by atoms with Gasteiger partial charge in [-0.15, -0.1) is 11.3 Å². The molecule has 1 aromatic carbocycles. The quantitative estimate of drug-likeness (QED) is 0.933. The molecular formula is C13H12ClNO2S. The van der Waals surface area contributed by atoms with Crippen LogP contribution in [0, 0.1) is 0 Å². The highest BCUT2D eigenvalue weighted by Crippen LogP contribution is 2.21. The summed E-state index contributed by atoms with van der Waals surface area (Å²) in [4.78, 5) is 12.4. The molecule has 0 bridgehead atoms. The third-order valence-corrected chi connectivity index (χ3v) is 3.61. The fraction of sp³-hybridized carbons (Fsp3) is 0.154. The van der Waals surface area contributed by atoms with Gasteiger partial charge in [-0.1, -0.05) is 23.7 Å². The molecule has 1 amide bonds. The maximum Gasteiger partial charge on any atom is 0.261 e. The van der Waals surface area contributed by atoms with E-state index >= 15 is 0 Å². The topological polar surface area (TPSA) is 38.3 Å². The standard InChI is InChI=1S/C13H12ClNO2S/c1-17-10-4-2-3-9(7-10)8-15-13(16)11-5-6-12(14)18-11/h2-7H,8H2,1H3,(H,15,16). The molecule has 1 heterocycles. The van der Waals surface area contributed by atoms with Crippen molar-refractivity contribution in [2.75, 3.05) is 7.11 Å². The average Bonchev–Trinajstić information content (AvgIpc) is 2.83. The number of nitrogens with one attached hydrogen (secondary N) is 1. The van der Waals surface area contributed by atoms with E-state index in [1.165, 1.54) is 11.3 Å². The lowest BCUT2D eigenvalue weighted by Gasteiger charge is -2.05. The Hall–Kier alpha value is -1.52. The largest absolute Gasteiger partial charge is 0.497 e. The van der Waals surface area contributed by atoms with E-state index < -0.39 is 0 Å². The number of carbonyl (C=O) groups is 1. The lowest BCUT2D eigenvalue weighted by molar-refractivity contribution is 0.0955. The van der Waals surface area contributed by atoms with Crippen molar-refractivity contribution in [3.05, 3.63) is 51.2 Å². The van der Waals surface area contributed by atoms with Gasteiger partial charge in [0.2, 0.25) is 0 Å². The van der Waals surface area contributed by atoms with Gasteiger partial charge < -0.3 is 10.1 Å². The summed E-state index contributed by atoms with van der Waals surface area (Å²) in [5, 5.41) is 2.84. The number of carbonyl (C=O) groups excluding carboxylic acids is 1. The Bertz CT molecular complexity index is 553. The molecular weight excluding hydrogens is 270 g/mol. The van der Waals surface area contributed by atoms with Crippen molar-refractivity contribution >= 4 is 28.8 Å². The molecule has 5 heteroatoms. The number of amides is 1. The Labute approximate surface area is 114 Å². The van der Waals surface area contributed by atoms with Gasteiger partial charge in [0.15, 0.2) is 0 Å². The van der Waals surface area contributed by atoms with Crippen molar-refractivity contribution in [2.45, 2.75) is 6.54 Å². The van der Waals surface area contributed by atoms with Crippen LogP contribution in [-0.4, -0.2) is 13.0 Å². The number of halogens is 1. The van der Waals surface area contributed by atoms with Crippen LogP contribution in [0.5, 0.6) is 5.75 Å². The molecule has 0 saturated heterocycles. The Morgan fingerprint density at radius 3 is 2.89 bits per heavy atom. The number of hydrogen-bond donors (Lipinski definition) is 1. The first-order valence-electron chi connectivity index (χ1n) is 5.35. The van der Waals surface area contributed by atoms with Crippen LogP contribution in [0.25, 0.3) is 0 Å². The SMILES string of the molecule is COc1cccc(CNC(=O)c2ccc(Cl)s2)c1.